The number of aromatic nitrogens is 1. The van der Waals surface area contributed by atoms with Crippen molar-refractivity contribution in [1.82, 2.24) is 9.88 Å². The van der Waals surface area contributed by atoms with Crippen molar-refractivity contribution in [3.63, 3.8) is 0 Å². The first-order valence-corrected chi connectivity index (χ1v) is 18.0. The van der Waals surface area contributed by atoms with E-state index in [1.807, 2.05) is 42.5 Å². The van der Waals surface area contributed by atoms with Crippen molar-refractivity contribution in [1.29, 1.82) is 0 Å². The fraction of sp³-hybridized carbons (Fsp3) is 0.400. The molecular weight excluding hydrogens is 621 g/mol. The molecule has 1 aliphatic carbocycles. The van der Waals surface area contributed by atoms with Crippen LogP contribution in [-0.4, -0.2) is 53.3 Å². The monoisotopic (exact) mass is 662 g/mol. The minimum Gasteiger partial charge on any atom is -0.469 e. The van der Waals surface area contributed by atoms with Gasteiger partial charge in [0.25, 0.3) is 5.19 Å². The predicted molar refractivity (Wildman–Crippen MR) is 188 cm³/mol. The lowest BCUT2D eigenvalue weighted by molar-refractivity contribution is -0.150. The first-order chi connectivity index (χ1) is 23.4. The van der Waals surface area contributed by atoms with Crippen LogP contribution in [-0.2, 0) is 25.5 Å². The molecule has 0 bridgehead atoms. The molecule has 2 aliphatic heterocycles. The van der Waals surface area contributed by atoms with E-state index in [0.717, 1.165) is 59.0 Å². The second-order valence-corrected chi connectivity index (χ2v) is 14.6. The number of para-hydroxylation sites is 1. The average Bonchev–Trinajstić information content (AvgIpc) is 3.41. The number of carbonyl (C=O) groups is 3. The number of benzene rings is 3. The van der Waals surface area contributed by atoms with Crippen molar-refractivity contribution >= 4 is 39.2 Å². The number of carbonyl (C=O) groups excluding carboxylic acids is 3. The normalized spacial score (nSPS) is 27.0. The number of hydrogen-bond acceptors (Lipinski definition) is 7. The Morgan fingerprint density at radius 2 is 1.73 bits per heavy atom. The van der Waals surface area contributed by atoms with Gasteiger partial charge in [-0.15, -0.1) is 0 Å². The van der Waals surface area contributed by atoms with Crippen LogP contribution in [0.4, 0.5) is 0 Å². The number of allylic oxidation sites excluding steroid dienone is 2. The number of fused-ring (bicyclic) bond motifs is 3. The summed E-state index contributed by atoms with van der Waals surface area (Å²) in [6.07, 6.45) is 10.1. The molecule has 0 N–H and O–H groups in total. The number of esters is 1. The van der Waals surface area contributed by atoms with E-state index in [-0.39, 0.29) is 42.0 Å². The summed E-state index contributed by atoms with van der Waals surface area (Å²) >= 11 is 1.47. The Morgan fingerprint density at radius 3 is 2.52 bits per heavy atom. The Hall–Kier alpha value is -4.30. The predicted octanol–water partition coefficient (Wildman–Crippen LogP) is 7.83. The maximum absolute atomic E-state index is 14.6. The molecule has 2 fully saturated rings. The quantitative estimate of drug-likeness (QED) is 0.155. The minimum atomic E-state index is -0.858. The minimum absolute atomic E-state index is 0.0108. The van der Waals surface area contributed by atoms with Gasteiger partial charge in [0.15, 0.2) is 5.78 Å². The molecule has 3 aromatic carbocycles. The lowest BCUT2D eigenvalue weighted by atomic mass is 9.90. The van der Waals surface area contributed by atoms with E-state index < -0.39 is 11.5 Å². The summed E-state index contributed by atoms with van der Waals surface area (Å²) < 4.78 is 12.6. The van der Waals surface area contributed by atoms with Crippen molar-refractivity contribution in [2.45, 2.75) is 69.9 Å². The molecule has 0 radical (unpaired) electrons. The van der Waals surface area contributed by atoms with Crippen LogP contribution in [0.1, 0.15) is 56.9 Å². The van der Waals surface area contributed by atoms with Gasteiger partial charge in [0.05, 0.1) is 35.3 Å². The van der Waals surface area contributed by atoms with E-state index in [9.17, 15) is 14.4 Å². The molecule has 48 heavy (non-hydrogen) atoms. The second-order valence-electron chi connectivity index (χ2n) is 13.6. The standard InChI is InChI=1S/C40H42N2O5S/c1-46-38(45)40-24-31(40)15-9-4-2-3-6-14-30(22-27-18-20-29(21-19-27)28-12-7-5-8-13-28)37(44)42-26-32(23-34(42)35(43)25-40)47-39-41-33-16-10-11-17-36(33)48-39/h5,7-13,15-21,30-32,34H,2-4,6,14,22-26H2,1H3/b15-9-/t30-,31+,32-,34+,40-/m1/s1. The zero-order chi connectivity index (χ0) is 33.1. The molecule has 3 heterocycles. The van der Waals surface area contributed by atoms with Crippen LogP contribution in [0.2, 0.25) is 0 Å². The first-order valence-electron chi connectivity index (χ1n) is 17.2. The lowest BCUT2D eigenvalue weighted by Gasteiger charge is -2.29. The van der Waals surface area contributed by atoms with Crippen LogP contribution < -0.4 is 4.74 Å². The van der Waals surface area contributed by atoms with Gasteiger partial charge in [-0.3, -0.25) is 14.4 Å². The Labute approximate surface area is 286 Å². The molecule has 8 heteroatoms. The highest BCUT2D eigenvalue weighted by Crippen LogP contribution is 2.57. The van der Waals surface area contributed by atoms with Crippen molar-refractivity contribution in [3.8, 4) is 16.3 Å². The molecule has 0 unspecified atom stereocenters. The molecule has 0 spiro atoms. The Bertz CT molecular complexity index is 1770. The van der Waals surface area contributed by atoms with E-state index in [0.29, 0.717) is 31.0 Å². The second kappa shape index (κ2) is 14.0. The largest absolute Gasteiger partial charge is 0.469 e. The summed E-state index contributed by atoms with van der Waals surface area (Å²) in [7, 11) is 1.39. The number of Topliss-reactive ketones (excluding diaryl/α,β-unsaturated/α-hetero) is 1. The van der Waals surface area contributed by atoms with E-state index in [4.69, 9.17) is 9.47 Å². The number of amides is 1. The average molecular weight is 663 g/mol. The highest BCUT2D eigenvalue weighted by Gasteiger charge is 2.61. The lowest BCUT2D eigenvalue weighted by Crippen LogP contribution is -2.45. The summed E-state index contributed by atoms with van der Waals surface area (Å²) in [6, 6.07) is 26.0. The third-order valence-electron chi connectivity index (χ3n) is 10.4. The summed E-state index contributed by atoms with van der Waals surface area (Å²) in [5.41, 5.74) is 3.40. The van der Waals surface area contributed by atoms with Crippen molar-refractivity contribution in [2.24, 2.45) is 17.3 Å². The Morgan fingerprint density at radius 1 is 0.958 bits per heavy atom. The molecule has 1 amide bonds. The Balaban J connectivity index is 1.16. The topological polar surface area (TPSA) is 85.8 Å². The van der Waals surface area contributed by atoms with Gasteiger partial charge in [0.1, 0.15) is 6.10 Å². The Kier molecular flexibility index (Phi) is 9.44. The smallest absolute Gasteiger partial charge is 0.312 e. The SMILES string of the molecule is COC(=O)[C@]12CC(=O)[C@@H]3C[C@@H](Oc4nc5ccccc5s4)CN3C(=O)[C@@H](Cc3ccc(-c4ccccc4)cc3)CCCCC/C=C\[C@H]1C2. The summed E-state index contributed by atoms with van der Waals surface area (Å²) in [4.78, 5) is 48.3. The van der Waals surface area contributed by atoms with Gasteiger partial charge < -0.3 is 14.4 Å². The molecule has 3 aliphatic rings. The van der Waals surface area contributed by atoms with Crippen LogP contribution in [0.5, 0.6) is 5.19 Å². The highest BCUT2D eigenvalue weighted by molar-refractivity contribution is 7.20. The number of ketones is 1. The molecule has 5 atom stereocenters. The zero-order valence-electron chi connectivity index (χ0n) is 27.4. The molecule has 7 rings (SSSR count). The summed E-state index contributed by atoms with van der Waals surface area (Å²) in [5.74, 6) is -0.743. The first kappa shape index (κ1) is 32.3. The fourth-order valence-electron chi connectivity index (χ4n) is 7.59. The van der Waals surface area contributed by atoms with Crippen LogP contribution in [0.3, 0.4) is 0 Å². The maximum Gasteiger partial charge on any atom is 0.312 e. The number of ether oxygens (including phenoxy) is 2. The van der Waals surface area contributed by atoms with Crippen molar-refractivity contribution in [2.75, 3.05) is 13.7 Å². The molecule has 248 valence electrons. The molecule has 1 saturated heterocycles. The molecule has 4 aromatic rings. The van der Waals surface area contributed by atoms with E-state index in [1.165, 1.54) is 18.4 Å². The van der Waals surface area contributed by atoms with Crippen LogP contribution in [0, 0.1) is 17.3 Å². The van der Waals surface area contributed by atoms with Crippen molar-refractivity contribution < 1.29 is 23.9 Å². The van der Waals surface area contributed by atoms with Crippen LogP contribution in [0.25, 0.3) is 21.3 Å². The number of nitrogens with zero attached hydrogens (tertiary/aromatic N) is 2. The highest BCUT2D eigenvalue weighted by atomic mass is 32.1. The van der Waals surface area contributed by atoms with Gasteiger partial charge in [-0.05, 0) is 66.8 Å². The van der Waals surface area contributed by atoms with Gasteiger partial charge >= 0.3 is 5.97 Å². The van der Waals surface area contributed by atoms with E-state index in [1.54, 1.807) is 4.90 Å². The van der Waals surface area contributed by atoms with Gasteiger partial charge in [0.2, 0.25) is 5.91 Å². The van der Waals surface area contributed by atoms with Crippen LogP contribution in [0.15, 0.2) is 91.0 Å². The van der Waals surface area contributed by atoms with E-state index in [2.05, 4.69) is 53.5 Å². The fourth-order valence-corrected chi connectivity index (χ4v) is 8.47. The third-order valence-corrected chi connectivity index (χ3v) is 11.3. The molecule has 1 saturated carbocycles. The number of thiazole rings is 1. The number of hydrogen-bond donors (Lipinski definition) is 0. The van der Waals surface area contributed by atoms with Gasteiger partial charge in [-0.1, -0.05) is 103 Å². The number of methoxy groups -OCH3 is 1. The number of rotatable bonds is 6. The van der Waals surface area contributed by atoms with Crippen molar-refractivity contribution in [3.05, 3.63) is 96.6 Å². The van der Waals surface area contributed by atoms with Crippen LogP contribution >= 0.6 is 11.3 Å². The van der Waals surface area contributed by atoms with E-state index >= 15 is 0 Å². The third kappa shape index (κ3) is 6.81. The zero-order valence-corrected chi connectivity index (χ0v) is 28.2. The summed E-state index contributed by atoms with van der Waals surface area (Å²) in [6.45, 7) is 0.309. The van der Waals surface area contributed by atoms with Gasteiger partial charge in [0, 0.05) is 18.8 Å². The molecule has 7 nitrogen and oxygen atoms in total. The van der Waals surface area contributed by atoms with Gasteiger partial charge in [-0.2, -0.15) is 0 Å². The maximum atomic E-state index is 14.6. The molecule has 1 aromatic heterocycles. The summed E-state index contributed by atoms with van der Waals surface area (Å²) in [5, 5.41) is 0.539. The molecular formula is C40H42N2O5S. The van der Waals surface area contributed by atoms with Gasteiger partial charge in [-0.25, -0.2) is 4.98 Å².